The SMILES string of the molecule is CC(Sc1ccc(NC(=O)Cc2ccccc2)cc1)C(=O)Nc1ccc(C(C)C)cc1. The first-order chi connectivity index (χ1) is 14.9. The van der Waals surface area contributed by atoms with Gasteiger partial charge in [-0.1, -0.05) is 56.3 Å². The lowest BCUT2D eigenvalue weighted by molar-refractivity contribution is -0.116. The number of anilines is 2. The molecule has 0 radical (unpaired) electrons. The van der Waals surface area contributed by atoms with Crippen molar-refractivity contribution in [3.8, 4) is 0 Å². The quantitative estimate of drug-likeness (QED) is 0.422. The molecule has 4 nitrogen and oxygen atoms in total. The van der Waals surface area contributed by atoms with Crippen LogP contribution in [0, 0.1) is 0 Å². The summed E-state index contributed by atoms with van der Waals surface area (Å²) in [4.78, 5) is 25.7. The number of rotatable bonds is 8. The van der Waals surface area contributed by atoms with Gasteiger partial charge in [0.1, 0.15) is 0 Å². The van der Waals surface area contributed by atoms with Crippen LogP contribution in [0.3, 0.4) is 0 Å². The Hall–Kier alpha value is -3.05. The number of benzene rings is 3. The van der Waals surface area contributed by atoms with Gasteiger partial charge in [-0.25, -0.2) is 0 Å². The van der Waals surface area contributed by atoms with Crippen LogP contribution >= 0.6 is 11.8 Å². The van der Waals surface area contributed by atoms with Crippen molar-refractivity contribution < 1.29 is 9.59 Å². The number of carbonyl (C=O) groups excluding carboxylic acids is 2. The van der Waals surface area contributed by atoms with E-state index in [0.717, 1.165) is 21.8 Å². The summed E-state index contributed by atoms with van der Waals surface area (Å²) in [7, 11) is 0. The Morgan fingerprint density at radius 2 is 1.35 bits per heavy atom. The van der Waals surface area contributed by atoms with E-state index in [-0.39, 0.29) is 17.1 Å². The van der Waals surface area contributed by atoms with Gasteiger partial charge in [0.2, 0.25) is 11.8 Å². The van der Waals surface area contributed by atoms with Crippen molar-refractivity contribution in [1.82, 2.24) is 0 Å². The van der Waals surface area contributed by atoms with Crippen LogP contribution in [0.15, 0.2) is 83.8 Å². The van der Waals surface area contributed by atoms with Gasteiger partial charge < -0.3 is 10.6 Å². The minimum atomic E-state index is -0.247. The average molecular weight is 433 g/mol. The molecule has 0 aliphatic heterocycles. The van der Waals surface area contributed by atoms with Crippen molar-refractivity contribution in [2.75, 3.05) is 10.6 Å². The minimum Gasteiger partial charge on any atom is -0.326 e. The first-order valence-electron chi connectivity index (χ1n) is 10.4. The number of nitrogens with one attached hydrogen (secondary N) is 2. The van der Waals surface area contributed by atoms with Crippen molar-refractivity contribution in [2.24, 2.45) is 0 Å². The van der Waals surface area contributed by atoms with E-state index in [1.54, 1.807) is 0 Å². The van der Waals surface area contributed by atoms with E-state index in [4.69, 9.17) is 0 Å². The van der Waals surface area contributed by atoms with Crippen molar-refractivity contribution in [1.29, 1.82) is 0 Å². The Labute approximate surface area is 188 Å². The molecule has 2 amide bonds. The van der Waals surface area contributed by atoms with Crippen molar-refractivity contribution >= 4 is 35.0 Å². The third kappa shape index (κ3) is 7.00. The summed E-state index contributed by atoms with van der Waals surface area (Å²) in [6.07, 6.45) is 0.340. The second kappa shape index (κ2) is 10.8. The number of carbonyl (C=O) groups is 2. The lowest BCUT2D eigenvalue weighted by Gasteiger charge is -2.13. The number of thioether (sulfide) groups is 1. The van der Waals surface area contributed by atoms with Gasteiger partial charge in [-0.15, -0.1) is 11.8 Å². The Morgan fingerprint density at radius 1 is 0.774 bits per heavy atom. The number of amides is 2. The molecular weight excluding hydrogens is 404 g/mol. The molecule has 3 aromatic rings. The summed E-state index contributed by atoms with van der Waals surface area (Å²) in [5.41, 5.74) is 3.77. The zero-order chi connectivity index (χ0) is 22.2. The van der Waals surface area contributed by atoms with Gasteiger partial charge in [0, 0.05) is 16.3 Å². The van der Waals surface area contributed by atoms with Crippen LogP contribution in [0.1, 0.15) is 37.8 Å². The largest absolute Gasteiger partial charge is 0.326 e. The Kier molecular flexibility index (Phi) is 7.90. The Bertz CT molecular complexity index is 1000. The Balaban J connectivity index is 1.50. The van der Waals surface area contributed by atoms with Crippen molar-refractivity contribution in [3.05, 3.63) is 90.0 Å². The van der Waals surface area contributed by atoms with Crippen LogP contribution in [0.2, 0.25) is 0 Å². The zero-order valence-corrected chi connectivity index (χ0v) is 18.9. The van der Waals surface area contributed by atoms with Crippen LogP contribution in [0.5, 0.6) is 0 Å². The highest BCUT2D eigenvalue weighted by Crippen LogP contribution is 2.26. The van der Waals surface area contributed by atoms with E-state index in [0.29, 0.717) is 12.3 Å². The third-order valence-corrected chi connectivity index (χ3v) is 5.98. The lowest BCUT2D eigenvalue weighted by Crippen LogP contribution is -2.22. The van der Waals surface area contributed by atoms with Crippen LogP contribution in [-0.2, 0) is 16.0 Å². The molecule has 1 unspecified atom stereocenters. The molecule has 0 aliphatic carbocycles. The van der Waals surface area contributed by atoms with Crippen LogP contribution in [-0.4, -0.2) is 17.1 Å². The van der Waals surface area contributed by atoms with E-state index < -0.39 is 0 Å². The maximum absolute atomic E-state index is 12.5. The van der Waals surface area contributed by atoms with E-state index in [2.05, 4.69) is 24.5 Å². The fourth-order valence-corrected chi connectivity index (χ4v) is 3.92. The van der Waals surface area contributed by atoms with Crippen molar-refractivity contribution in [3.63, 3.8) is 0 Å². The van der Waals surface area contributed by atoms with Gasteiger partial charge in [-0.05, 0) is 60.4 Å². The molecule has 0 aliphatic rings. The maximum atomic E-state index is 12.5. The van der Waals surface area contributed by atoms with Gasteiger partial charge in [-0.2, -0.15) is 0 Å². The summed E-state index contributed by atoms with van der Waals surface area (Å²) >= 11 is 1.48. The van der Waals surface area contributed by atoms with E-state index in [1.807, 2.05) is 85.8 Å². The second-order valence-electron chi connectivity index (χ2n) is 7.76. The van der Waals surface area contributed by atoms with Crippen LogP contribution in [0.4, 0.5) is 11.4 Å². The zero-order valence-electron chi connectivity index (χ0n) is 18.1. The van der Waals surface area contributed by atoms with E-state index in [1.165, 1.54) is 17.3 Å². The minimum absolute atomic E-state index is 0.0393. The molecule has 0 aromatic heterocycles. The topological polar surface area (TPSA) is 58.2 Å². The molecule has 3 aromatic carbocycles. The molecule has 0 bridgehead atoms. The Morgan fingerprint density at radius 3 is 1.97 bits per heavy atom. The molecular formula is C26H28N2O2S. The molecule has 1 atom stereocenters. The van der Waals surface area contributed by atoms with E-state index >= 15 is 0 Å². The molecule has 0 saturated heterocycles. The highest BCUT2D eigenvalue weighted by atomic mass is 32.2. The summed E-state index contributed by atoms with van der Waals surface area (Å²) in [6, 6.07) is 25.2. The van der Waals surface area contributed by atoms with Crippen LogP contribution in [0.25, 0.3) is 0 Å². The molecule has 5 heteroatoms. The molecule has 3 rings (SSSR count). The molecule has 0 spiro atoms. The smallest absolute Gasteiger partial charge is 0.237 e. The van der Waals surface area contributed by atoms with Gasteiger partial charge in [0.25, 0.3) is 0 Å². The fraction of sp³-hybridized carbons (Fsp3) is 0.231. The molecule has 160 valence electrons. The summed E-state index contributed by atoms with van der Waals surface area (Å²) in [5.74, 6) is 0.371. The standard InChI is InChI=1S/C26H28N2O2S/c1-18(2)21-9-11-23(12-10-21)28-26(30)19(3)31-24-15-13-22(14-16-24)27-25(29)17-20-7-5-4-6-8-20/h4-16,18-19H,17H2,1-3H3,(H,27,29)(H,28,30). The second-order valence-corrected chi connectivity index (χ2v) is 9.18. The molecule has 31 heavy (non-hydrogen) atoms. The average Bonchev–Trinajstić information content (AvgIpc) is 2.76. The monoisotopic (exact) mass is 432 g/mol. The van der Waals surface area contributed by atoms with Crippen molar-refractivity contribution in [2.45, 2.75) is 43.3 Å². The normalized spacial score (nSPS) is 11.7. The number of hydrogen-bond acceptors (Lipinski definition) is 3. The van der Waals surface area contributed by atoms with Crippen LogP contribution < -0.4 is 10.6 Å². The molecule has 0 fully saturated rings. The highest BCUT2D eigenvalue weighted by Gasteiger charge is 2.15. The summed E-state index contributed by atoms with van der Waals surface area (Å²) in [5, 5.41) is 5.64. The predicted molar refractivity (Wildman–Crippen MR) is 130 cm³/mol. The third-order valence-electron chi connectivity index (χ3n) is 4.87. The van der Waals surface area contributed by atoms with Gasteiger partial charge in [0.05, 0.1) is 11.7 Å². The first-order valence-corrected chi connectivity index (χ1v) is 11.3. The molecule has 2 N–H and O–H groups in total. The van der Waals surface area contributed by atoms with Gasteiger partial charge in [-0.3, -0.25) is 9.59 Å². The first kappa shape index (κ1) is 22.6. The predicted octanol–water partition coefficient (Wildman–Crippen LogP) is 6.11. The lowest BCUT2D eigenvalue weighted by atomic mass is 10.0. The molecule has 0 heterocycles. The summed E-state index contributed by atoms with van der Waals surface area (Å²) in [6.45, 7) is 6.18. The number of hydrogen-bond donors (Lipinski definition) is 2. The molecule has 0 saturated carbocycles. The summed E-state index contributed by atoms with van der Waals surface area (Å²) < 4.78 is 0. The highest BCUT2D eigenvalue weighted by molar-refractivity contribution is 8.00. The maximum Gasteiger partial charge on any atom is 0.237 e. The van der Waals surface area contributed by atoms with Gasteiger partial charge >= 0.3 is 0 Å². The van der Waals surface area contributed by atoms with Gasteiger partial charge in [0.15, 0.2) is 0 Å². The van der Waals surface area contributed by atoms with E-state index in [9.17, 15) is 9.59 Å². The fourth-order valence-electron chi connectivity index (χ4n) is 3.06.